The molecule has 4 saturated heterocycles. The molecule has 2 aromatic carbocycles. The molecule has 8 heterocycles. The van der Waals surface area contributed by atoms with Crippen LogP contribution in [-0.4, -0.2) is 142 Å². The first-order valence-electron chi connectivity index (χ1n) is 25.9. The molecule has 19 nitrogen and oxygen atoms in total. The van der Waals surface area contributed by atoms with Crippen molar-refractivity contribution >= 4 is 89.8 Å². The molecule has 8 N–H and O–H groups in total. The van der Waals surface area contributed by atoms with Crippen molar-refractivity contribution in [3.63, 3.8) is 0 Å². The molecule has 4 aliphatic heterocycles. The molecule has 0 radical (unpaired) electrons. The average Bonchev–Trinajstić information content (AvgIpc) is 4.03. The molecule has 0 aliphatic carbocycles. The van der Waals surface area contributed by atoms with E-state index in [4.69, 9.17) is 36.0 Å². The average molecular weight is 1060 g/mol. The van der Waals surface area contributed by atoms with Crippen LogP contribution in [0.3, 0.4) is 0 Å². The Kier molecular flexibility index (Phi) is 19.1. The number of aromatic nitrogens is 4. The van der Waals surface area contributed by atoms with Crippen LogP contribution in [0.25, 0.3) is 20.4 Å². The van der Waals surface area contributed by atoms with Gasteiger partial charge in [0.2, 0.25) is 0 Å². The van der Waals surface area contributed by atoms with Gasteiger partial charge in [0.05, 0.1) is 86.7 Å². The van der Waals surface area contributed by atoms with Gasteiger partial charge in [-0.3, -0.25) is 24.2 Å². The van der Waals surface area contributed by atoms with Crippen LogP contribution in [0, 0.1) is 25.7 Å². The number of morpholine rings is 2. The van der Waals surface area contributed by atoms with E-state index in [-0.39, 0.29) is 6.04 Å². The maximum absolute atomic E-state index is 13.3. The number of aryl methyl sites for hydroxylation is 2. The van der Waals surface area contributed by atoms with Gasteiger partial charge >= 0.3 is 23.7 Å². The number of piperidine rings is 2. The lowest BCUT2D eigenvalue weighted by atomic mass is 9.89. The van der Waals surface area contributed by atoms with Crippen molar-refractivity contribution in [3.8, 4) is 0 Å². The van der Waals surface area contributed by atoms with Gasteiger partial charge in [0.25, 0.3) is 0 Å². The number of hydrogen-bond donors (Lipinski definition) is 6. The van der Waals surface area contributed by atoms with Crippen molar-refractivity contribution in [2.24, 2.45) is 11.8 Å². The van der Waals surface area contributed by atoms with Gasteiger partial charge in [-0.05, 0) is 117 Å². The fourth-order valence-corrected chi connectivity index (χ4v) is 11.5. The fourth-order valence-electron chi connectivity index (χ4n) is 9.59. The molecule has 4 aliphatic rings. The Bertz CT molecular complexity index is 2930. The zero-order chi connectivity index (χ0) is 53.0. The lowest BCUT2D eigenvalue weighted by Crippen LogP contribution is -2.46. The van der Waals surface area contributed by atoms with Crippen LogP contribution in [0.5, 0.6) is 0 Å². The van der Waals surface area contributed by atoms with Crippen molar-refractivity contribution in [3.05, 3.63) is 93.2 Å². The van der Waals surface area contributed by atoms with Crippen LogP contribution in [-0.2, 0) is 41.5 Å². The van der Waals surface area contributed by atoms with Crippen LogP contribution in [0.4, 0.5) is 23.0 Å². The summed E-state index contributed by atoms with van der Waals surface area (Å²) in [5.41, 5.74) is 18.0. The molecule has 0 unspecified atom stereocenters. The highest BCUT2D eigenvalue weighted by molar-refractivity contribution is 7.18. The van der Waals surface area contributed by atoms with E-state index >= 15 is 0 Å². The predicted molar refractivity (Wildman–Crippen MR) is 295 cm³/mol. The number of carboxylic acid groups (broad SMARTS) is 1. The SMILES string of the molecule is C[C@H]1CC[C@H](c2ccc3sc(CCN4CCOCC4)nc3c2)NC1.Cc1cc(NC(=O)C(=O)N2C[C@@H](C)CC[C@@H]2c2ccc3sc(CCN4CCOCC4)nc3c2)cnc1N.Cc1cc(NC(=O)C(=O)O)cnc1N. The third-order valence-electron chi connectivity index (χ3n) is 14.1. The van der Waals surface area contributed by atoms with Crippen molar-refractivity contribution < 1.29 is 33.8 Å². The number of amides is 3. The molecule has 400 valence electrons. The third-order valence-corrected chi connectivity index (χ3v) is 16.3. The van der Waals surface area contributed by atoms with Gasteiger partial charge in [-0.25, -0.2) is 24.7 Å². The molecular weight excluding hydrogens is 993 g/mol. The number of carboxylic acids is 1. The molecule has 6 aromatic rings. The zero-order valence-corrected chi connectivity index (χ0v) is 44.9. The Hall–Kier alpha value is -6.20. The third kappa shape index (κ3) is 15.2. The van der Waals surface area contributed by atoms with Crippen LogP contribution in [0.15, 0.2) is 60.9 Å². The van der Waals surface area contributed by atoms with E-state index in [9.17, 15) is 19.2 Å². The second kappa shape index (κ2) is 26.0. The van der Waals surface area contributed by atoms with E-state index in [2.05, 4.69) is 86.0 Å². The number of carbonyl (C=O) groups excluding carboxylic acids is 3. The molecule has 4 fully saturated rings. The van der Waals surface area contributed by atoms with Gasteiger partial charge in [0.1, 0.15) is 11.6 Å². The lowest BCUT2D eigenvalue weighted by molar-refractivity contribution is -0.147. The number of ether oxygens (including phenoxy) is 2. The summed E-state index contributed by atoms with van der Waals surface area (Å²) in [6, 6.07) is 16.7. The van der Waals surface area contributed by atoms with Gasteiger partial charge in [0, 0.05) is 64.7 Å². The summed E-state index contributed by atoms with van der Waals surface area (Å²) in [5.74, 6) is -1.97. The van der Waals surface area contributed by atoms with Gasteiger partial charge in [-0.2, -0.15) is 0 Å². The Morgan fingerprint density at radius 2 is 1.20 bits per heavy atom. The summed E-state index contributed by atoms with van der Waals surface area (Å²) in [5, 5.41) is 19.2. The maximum Gasteiger partial charge on any atom is 0.394 e. The van der Waals surface area contributed by atoms with E-state index in [1.54, 1.807) is 35.3 Å². The number of likely N-dealkylation sites (tertiary alicyclic amines) is 1. The number of thiazole rings is 2. The van der Waals surface area contributed by atoms with E-state index in [1.165, 1.54) is 46.0 Å². The first-order valence-corrected chi connectivity index (χ1v) is 27.5. The van der Waals surface area contributed by atoms with E-state index < -0.39 is 23.7 Å². The molecule has 3 amide bonds. The van der Waals surface area contributed by atoms with E-state index in [0.717, 1.165) is 130 Å². The van der Waals surface area contributed by atoms with Gasteiger partial charge < -0.3 is 46.9 Å². The molecule has 21 heteroatoms. The molecule has 0 bridgehead atoms. The summed E-state index contributed by atoms with van der Waals surface area (Å²) < 4.78 is 13.3. The minimum Gasteiger partial charge on any atom is -0.474 e. The predicted octanol–water partition coefficient (Wildman–Crippen LogP) is 6.62. The molecule has 75 heavy (non-hydrogen) atoms. The van der Waals surface area contributed by atoms with Crippen LogP contribution < -0.4 is 27.4 Å². The number of nitrogens with zero attached hydrogens (tertiary/aromatic N) is 7. The van der Waals surface area contributed by atoms with Crippen molar-refractivity contribution in [2.75, 3.05) is 101 Å². The fraction of sp³-hybridized carbons (Fsp3) is 0.481. The number of anilines is 4. The number of nitrogens with two attached hydrogens (primary N) is 2. The van der Waals surface area contributed by atoms with Crippen LogP contribution in [0.2, 0.25) is 0 Å². The quantitative estimate of drug-likeness (QED) is 0.0788. The van der Waals surface area contributed by atoms with Gasteiger partial charge in [-0.1, -0.05) is 26.0 Å². The standard InChI is InChI=1S/C27H34N6O3S.C19H27N3OS.C8H9N3O3/c1-17-3-5-22(33(16-17)27(35)26(34)30-20-13-18(2)25(28)29-15-20)19-4-6-23-21(14-19)31-24(37-23)7-8-32-9-11-36-12-10-32;1-14-2-4-16(20-13-14)15-3-5-18-17(12-15)21-19(24-18)6-7-22-8-10-23-11-9-22;1-4-2-5(3-10-6(4)9)11-7(12)8(13)14/h4,6,13-15,17,22H,3,5,7-12,16H2,1-2H3,(H2,28,29)(H,30,34);3,5,12,14,16,20H,2,4,6-11,13H2,1H3;2-3H,1H3,(H2,9,10)(H,11,12)(H,13,14)/t17-,22+;14-,16+;/m00./s1. The van der Waals surface area contributed by atoms with Crippen LogP contribution in [0.1, 0.15) is 83.9 Å². The van der Waals surface area contributed by atoms with Crippen molar-refractivity contribution in [1.29, 1.82) is 0 Å². The molecule has 4 atom stereocenters. The zero-order valence-electron chi connectivity index (χ0n) is 43.3. The summed E-state index contributed by atoms with van der Waals surface area (Å²) in [7, 11) is 0. The first-order chi connectivity index (χ1) is 36.1. The van der Waals surface area contributed by atoms with Gasteiger partial charge in [0.15, 0.2) is 0 Å². The largest absolute Gasteiger partial charge is 0.474 e. The topological polar surface area (TPSA) is 256 Å². The summed E-state index contributed by atoms with van der Waals surface area (Å²) in [4.78, 5) is 71.4. The molecule has 4 aromatic heterocycles. The number of nitrogen functional groups attached to an aromatic ring is 2. The Labute approximate surface area is 445 Å². The maximum atomic E-state index is 13.3. The number of carbonyl (C=O) groups is 4. The highest BCUT2D eigenvalue weighted by atomic mass is 32.1. The Morgan fingerprint density at radius 1 is 0.693 bits per heavy atom. The molecule has 0 saturated carbocycles. The Balaban J connectivity index is 0.000000167. The van der Waals surface area contributed by atoms with Crippen molar-refractivity contribution in [2.45, 2.75) is 78.3 Å². The number of benzene rings is 2. The Morgan fingerprint density at radius 3 is 1.71 bits per heavy atom. The molecule has 0 spiro atoms. The van der Waals surface area contributed by atoms with Crippen LogP contribution >= 0.6 is 22.7 Å². The summed E-state index contributed by atoms with van der Waals surface area (Å²) in [6.07, 6.45) is 9.09. The second-order valence-electron chi connectivity index (χ2n) is 19.9. The van der Waals surface area contributed by atoms with Crippen molar-refractivity contribution in [1.82, 2.24) is 40.0 Å². The minimum absolute atomic E-state index is 0.163. The number of pyridine rings is 2. The summed E-state index contributed by atoms with van der Waals surface area (Å²) >= 11 is 3.58. The number of rotatable bonds is 10. The van der Waals surface area contributed by atoms with E-state index in [0.29, 0.717) is 47.1 Å². The number of hydrogen-bond acceptors (Lipinski definition) is 17. The monoisotopic (exact) mass is 1060 g/mol. The van der Waals surface area contributed by atoms with E-state index in [1.807, 2.05) is 18.3 Å². The molecular formula is C54H70N12O7S2. The number of nitrogens with one attached hydrogen (secondary N) is 3. The number of aliphatic carboxylic acids is 1. The summed E-state index contributed by atoms with van der Waals surface area (Å²) in [6.45, 7) is 19.1. The highest BCUT2D eigenvalue weighted by Crippen LogP contribution is 2.36. The molecule has 10 rings (SSSR count). The number of fused-ring (bicyclic) bond motifs is 2. The second-order valence-corrected chi connectivity index (χ2v) is 22.2. The lowest BCUT2D eigenvalue weighted by Gasteiger charge is -2.38. The van der Waals surface area contributed by atoms with Gasteiger partial charge in [-0.15, -0.1) is 22.7 Å². The smallest absolute Gasteiger partial charge is 0.394 e. The first kappa shape index (κ1) is 55.0. The normalized spacial score (nSPS) is 20.3. The minimum atomic E-state index is -1.54. The highest BCUT2D eigenvalue weighted by Gasteiger charge is 2.35.